The van der Waals surface area contributed by atoms with Gasteiger partial charge in [-0.3, -0.25) is 0 Å². The molecule has 0 unspecified atom stereocenters. The Hall–Kier alpha value is -1.55. The van der Waals surface area contributed by atoms with Gasteiger partial charge in [-0.15, -0.1) is 0 Å². The van der Waals surface area contributed by atoms with Gasteiger partial charge >= 0.3 is 6.09 Å². The first-order valence-corrected chi connectivity index (χ1v) is 6.32. The molecule has 0 aromatic heterocycles. The first kappa shape index (κ1) is 12.9. The van der Waals surface area contributed by atoms with Crippen molar-refractivity contribution < 1.29 is 14.6 Å². The van der Waals surface area contributed by atoms with Crippen molar-refractivity contribution in [3.05, 3.63) is 35.9 Å². The van der Waals surface area contributed by atoms with Gasteiger partial charge in [0.25, 0.3) is 0 Å². The van der Waals surface area contributed by atoms with E-state index < -0.39 is 11.7 Å². The summed E-state index contributed by atoms with van der Waals surface area (Å²) in [5.41, 5.74) is 0.415. The third-order valence-corrected chi connectivity index (χ3v) is 3.43. The van der Waals surface area contributed by atoms with Crippen molar-refractivity contribution in [3.8, 4) is 0 Å². The molecular formula is C14H19NO3. The first-order valence-electron chi connectivity index (χ1n) is 6.32. The average molecular weight is 249 g/mol. The second-order valence-corrected chi connectivity index (χ2v) is 4.85. The average Bonchev–Trinajstić information content (AvgIpc) is 2.35. The molecule has 4 nitrogen and oxygen atoms in total. The van der Waals surface area contributed by atoms with Crippen molar-refractivity contribution in [1.82, 2.24) is 5.32 Å². The van der Waals surface area contributed by atoms with E-state index in [9.17, 15) is 9.90 Å². The maximum absolute atomic E-state index is 11.5. The van der Waals surface area contributed by atoms with E-state index in [-0.39, 0.29) is 6.10 Å². The lowest BCUT2D eigenvalue weighted by atomic mass is 9.76. The van der Waals surface area contributed by atoms with Crippen LogP contribution in [0.2, 0.25) is 0 Å². The molecule has 0 heterocycles. The third kappa shape index (κ3) is 3.23. The fourth-order valence-electron chi connectivity index (χ4n) is 2.12. The summed E-state index contributed by atoms with van der Waals surface area (Å²) in [6, 6.07) is 9.67. The zero-order valence-electron chi connectivity index (χ0n) is 10.6. The predicted octanol–water partition coefficient (Wildman–Crippen LogP) is 2.22. The Morgan fingerprint density at radius 1 is 1.44 bits per heavy atom. The summed E-state index contributed by atoms with van der Waals surface area (Å²) in [4.78, 5) is 11.5. The SMILES string of the molecule is CCC1(O)CC(OC(=O)NCc2ccccc2)C1. The van der Waals surface area contributed by atoms with E-state index in [4.69, 9.17) is 4.74 Å². The maximum Gasteiger partial charge on any atom is 0.407 e. The summed E-state index contributed by atoms with van der Waals surface area (Å²) in [6.45, 7) is 2.40. The van der Waals surface area contributed by atoms with E-state index in [0.717, 1.165) is 5.56 Å². The van der Waals surface area contributed by atoms with Crippen LogP contribution in [0.25, 0.3) is 0 Å². The van der Waals surface area contributed by atoms with Crippen LogP contribution in [0.3, 0.4) is 0 Å². The molecule has 1 saturated carbocycles. The van der Waals surface area contributed by atoms with Crippen LogP contribution in [0, 0.1) is 0 Å². The fraction of sp³-hybridized carbons (Fsp3) is 0.500. The lowest BCUT2D eigenvalue weighted by Crippen LogP contribution is -2.49. The van der Waals surface area contributed by atoms with Crippen LogP contribution in [-0.4, -0.2) is 22.9 Å². The maximum atomic E-state index is 11.5. The monoisotopic (exact) mass is 249 g/mol. The fourth-order valence-corrected chi connectivity index (χ4v) is 2.12. The Balaban J connectivity index is 1.68. The highest BCUT2D eigenvalue weighted by atomic mass is 16.6. The number of alkyl carbamates (subject to hydrolysis) is 1. The Labute approximate surface area is 107 Å². The zero-order valence-corrected chi connectivity index (χ0v) is 10.6. The van der Waals surface area contributed by atoms with Gasteiger partial charge in [-0.25, -0.2) is 4.79 Å². The number of hydrogen-bond donors (Lipinski definition) is 2. The molecule has 1 aromatic rings. The number of rotatable bonds is 4. The predicted molar refractivity (Wildman–Crippen MR) is 68.0 cm³/mol. The molecule has 0 atom stereocenters. The molecule has 0 aliphatic heterocycles. The quantitative estimate of drug-likeness (QED) is 0.860. The number of hydrogen-bond acceptors (Lipinski definition) is 3. The molecule has 4 heteroatoms. The summed E-state index contributed by atoms with van der Waals surface area (Å²) in [7, 11) is 0. The topological polar surface area (TPSA) is 58.6 Å². The van der Waals surface area contributed by atoms with Crippen LogP contribution in [0.15, 0.2) is 30.3 Å². The molecule has 1 fully saturated rings. The molecule has 0 spiro atoms. The largest absolute Gasteiger partial charge is 0.446 e. The normalized spacial score (nSPS) is 26.2. The summed E-state index contributed by atoms with van der Waals surface area (Å²) in [6.07, 6.45) is 1.23. The molecule has 0 radical (unpaired) electrons. The summed E-state index contributed by atoms with van der Waals surface area (Å²) >= 11 is 0. The smallest absolute Gasteiger partial charge is 0.407 e. The Bertz CT molecular complexity index is 399. The highest BCUT2D eigenvalue weighted by Crippen LogP contribution is 2.36. The van der Waals surface area contributed by atoms with Crippen LogP contribution in [0.5, 0.6) is 0 Å². The van der Waals surface area contributed by atoms with E-state index in [1.807, 2.05) is 37.3 Å². The standard InChI is InChI=1S/C14H19NO3/c1-2-14(17)8-12(9-14)18-13(16)15-10-11-6-4-3-5-7-11/h3-7,12,17H,2,8-10H2,1H3,(H,15,16). The third-order valence-electron chi connectivity index (χ3n) is 3.43. The molecule has 18 heavy (non-hydrogen) atoms. The molecular weight excluding hydrogens is 230 g/mol. The number of amides is 1. The van der Waals surface area contributed by atoms with Crippen molar-refractivity contribution >= 4 is 6.09 Å². The van der Waals surface area contributed by atoms with Gasteiger partial charge in [0, 0.05) is 19.4 Å². The summed E-state index contributed by atoms with van der Waals surface area (Å²) < 4.78 is 5.20. The van der Waals surface area contributed by atoms with Crippen molar-refractivity contribution in [3.63, 3.8) is 0 Å². The van der Waals surface area contributed by atoms with E-state index in [2.05, 4.69) is 5.32 Å². The minimum absolute atomic E-state index is 0.147. The van der Waals surface area contributed by atoms with E-state index in [1.165, 1.54) is 0 Å². The molecule has 1 aliphatic rings. The number of carbonyl (C=O) groups excluding carboxylic acids is 1. The molecule has 2 N–H and O–H groups in total. The van der Waals surface area contributed by atoms with E-state index in [0.29, 0.717) is 25.8 Å². The van der Waals surface area contributed by atoms with Crippen LogP contribution in [0.4, 0.5) is 4.79 Å². The van der Waals surface area contributed by atoms with Gasteiger partial charge in [-0.2, -0.15) is 0 Å². The Kier molecular flexibility index (Phi) is 3.87. The van der Waals surface area contributed by atoms with Gasteiger partial charge < -0.3 is 15.2 Å². The van der Waals surface area contributed by atoms with Gasteiger partial charge in [-0.1, -0.05) is 37.3 Å². The second-order valence-electron chi connectivity index (χ2n) is 4.85. The van der Waals surface area contributed by atoms with Crippen molar-refractivity contribution in [2.45, 2.75) is 44.4 Å². The van der Waals surface area contributed by atoms with Crippen LogP contribution in [-0.2, 0) is 11.3 Å². The molecule has 1 aliphatic carbocycles. The molecule has 1 amide bonds. The zero-order chi connectivity index (χ0) is 13.0. The van der Waals surface area contributed by atoms with Gasteiger partial charge in [0.2, 0.25) is 0 Å². The first-order chi connectivity index (χ1) is 8.61. The Morgan fingerprint density at radius 2 is 2.11 bits per heavy atom. The number of aliphatic hydroxyl groups is 1. The van der Waals surface area contributed by atoms with Gasteiger partial charge in [0.15, 0.2) is 0 Å². The Morgan fingerprint density at radius 3 is 2.72 bits per heavy atom. The van der Waals surface area contributed by atoms with Gasteiger partial charge in [0.05, 0.1) is 5.60 Å². The molecule has 1 aromatic carbocycles. The van der Waals surface area contributed by atoms with Gasteiger partial charge in [-0.05, 0) is 12.0 Å². The lowest BCUT2D eigenvalue weighted by Gasteiger charge is -2.42. The molecule has 0 saturated heterocycles. The van der Waals surface area contributed by atoms with Crippen molar-refractivity contribution in [2.75, 3.05) is 0 Å². The van der Waals surface area contributed by atoms with Crippen LogP contribution < -0.4 is 5.32 Å². The van der Waals surface area contributed by atoms with E-state index >= 15 is 0 Å². The van der Waals surface area contributed by atoms with Crippen LogP contribution in [0.1, 0.15) is 31.7 Å². The number of nitrogens with one attached hydrogen (secondary N) is 1. The van der Waals surface area contributed by atoms with E-state index in [1.54, 1.807) is 0 Å². The molecule has 2 rings (SSSR count). The highest BCUT2D eigenvalue weighted by molar-refractivity contribution is 5.67. The number of benzene rings is 1. The summed E-state index contributed by atoms with van der Waals surface area (Å²) in [5.74, 6) is 0. The lowest BCUT2D eigenvalue weighted by molar-refractivity contribution is -0.117. The second kappa shape index (κ2) is 5.40. The van der Waals surface area contributed by atoms with Crippen molar-refractivity contribution in [2.24, 2.45) is 0 Å². The highest BCUT2D eigenvalue weighted by Gasteiger charge is 2.43. The minimum atomic E-state index is -0.621. The van der Waals surface area contributed by atoms with Crippen LogP contribution >= 0.6 is 0 Å². The van der Waals surface area contributed by atoms with Crippen molar-refractivity contribution in [1.29, 1.82) is 0 Å². The molecule has 98 valence electrons. The summed E-state index contributed by atoms with van der Waals surface area (Å²) in [5, 5.41) is 12.5. The number of ether oxygens (including phenoxy) is 1. The van der Waals surface area contributed by atoms with Gasteiger partial charge in [0.1, 0.15) is 6.10 Å². The number of carbonyl (C=O) groups is 1. The minimum Gasteiger partial charge on any atom is -0.446 e. The molecule has 0 bridgehead atoms.